The number of rotatable bonds is 7. The molecule has 0 radical (unpaired) electrons. The van der Waals surface area contributed by atoms with Gasteiger partial charge in [-0.15, -0.1) is 12.4 Å². The maximum absolute atomic E-state index is 13.4. The highest BCUT2D eigenvalue weighted by Crippen LogP contribution is 2.56. The number of carbonyl (C=O) groups is 1. The lowest BCUT2D eigenvalue weighted by Crippen LogP contribution is -2.39. The molecule has 1 aliphatic heterocycles. The number of benzene rings is 1. The molecule has 4 nitrogen and oxygen atoms in total. The van der Waals surface area contributed by atoms with Gasteiger partial charge in [-0.3, -0.25) is 4.79 Å². The van der Waals surface area contributed by atoms with Crippen molar-refractivity contribution in [1.29, 1.82) is 0 Å². The smallest absolute Gasteiger partial charge is 0.223 e. The summed E-state index contributed by atoms with van der Waals surface area (Å²) in [6.45, 7) is 5.06. The van der Waals surface area contributed by atoms with E-state index in [-0.39, 0.29) is 24.2 Å². The number of ether oxygens (including phenoxy) is 1. The third-order valence-corrected chi connectivity index (χ3v) is 7.27. The fraction of sp³-hybridized carbons (Fsp3) is 0.522. The van der Waals surface area contributed by atoms with Crippen LogP contribution in [0.1, 0.15) is 49.7 Å². The maximum Gasteiger partial charge on any atom is 0.223 e. The molecule has 1 spiro atoms. The monoisotopic (exact) mass is 434 g/mol. The van der Waals surface area contributed by atoms with E-state index in [0.29, 0.717) is 17.9 Å². The Kier molecular flexibility index (Phi) is 7.25. The van der Waals surface area contributed by atoms with Crippen LogP contribution < -0.4 is 10.1 Å². The van der Waals surface area contributed by atoms with Gasteiger partial charge in [-0.05, 0) is 83.8 Å². The number of hydrogen-bond donors (Lipinski definition) is 1. The van der Waals surface area contributed by atoms with E-state index in [1.807, 2.05) is 12.1 Å². The largest absolute Gasteiger partial charge is 0.497 e. The van der Waals surface area contributed by atoms with Crippen LogP contribution in [0.5, 0.6) is 5.75 Å². The molecule has 1 saturated carbocycles. The van der Waals surface area contributed by atoms with Crippen molar-refractivity contribution in [3.05, 3.63) is 52.2 Å². The van der Waals surface area contributed by atoms with Crippen molar-refractivity contribution in [2.75, 3.05) is 20.2 Å². The number of piperidine rings is 1. The molecule has 2 unspecified atom stereocenters. The minimum absolute atomic E-state index is 0. The SMILES string of the molecule is COc1ccc(C(C)CC(=O)N(Cc2ccsc2)C2CC23CCNCC3)cc1.Cl. The zero-order valence-electron chi connectivity index (χ0n) is 17.2. The van der Waals surface area contributed by atoms with E-state index in [1.165, 1.54) is 30.4 Å². The Bertz CT molecular complexity index is 788. The quantitative estimate of drug-likeness (QED) is 0.677. The van der Waals surface area contributed by atoms with Crippen LogP contribution in [0.25, 0.3) is 0 Å². The molecular weight excluding hydrogens is 404 g/mol. The molecule has 0 bridgehead atoms. The molecule has 2 atom stereocenters. The Balaban J connectivity index is 0.00000240. The second-order valence-electron chi connectivity index (χ2n) is 8.36. The Morgan fingerprint density at radius 2 is 2.00 bits per heavy atom. The summed E-state index contributed by atoms with van der Waals surface area (Å²) in [5.41, 5.74) is 2.81. The summed E-state index contributed by atoms with van der Waals surface area (Å²) in [5.74, 6) is 1.34. The normalized spacial score (nSPS) is 20.6. The Morgan fingerprint density at radius 1 is 1.28 bits per heavy atom. The van der Waals surface area contributed by atoms with Crippen molar-refractivity contribution < 1.29 is 9.53 Å². The average molecular weight is 435 g/mol. The van der Waals surface area contributed by atoms with Crippen molar-refractivity contribution in [2.24, 2.45) is 5.41 Å². The number of halogens is 1. The Morgan fingerprint density at radius 3 is 2.62 bits per heavy atom. The van der Waals surface area contributed by atoms with E-state index >= 15 is 0 Å². The van der Waals surface area contributed by atoms with Crippen LogP contribution in [0.4, 0.5) is 0 Å². The van der Waals surface area contributed by atoms with Gasteiger partial charge in [0, 0.05) is 19.0 Å². The molecular formula is C23H31ClN2O2S. The Labute approximate surface area is 184 Å². The third kappa shape index (κ3) is 4.96. The van der Waals surface area contributed by atoms with Crippen LogP contribution in [0, 0.1) is 5.41 Å². The molecule has 2 heterocycles. The highest BCUT2D eigenvalue weighted by molar-refractivity contribution is 7.07. The number of amides is 1. The van der Waals surface area contributed by atoms with Gasteiger partial charge in [-0.25, -0.2) is 0 Å². The molecule has 2 aromatic rings. The highest BCUT2D eigenvalue weighted by atomic mass is 35.5. The molecule has 1 aromatic carbocycles. The van der Waals surface area contributed by atoms with Crippen molar-refractivity contribution >= 4 is 29.7 Å². The fourth-order valence-corrected chi connectivity index (χ4v) is 5.27. The van der Waals surface area contributed by atoms with Crippen LogP contribution in [-0.4, -0.2) is 37.0 Å². The second kappa shape index (κ2) is 9.50. The molecule has 2 fully saturated rings. The van der Waals surface area contributed by atoms with Gasteiger partial charge >= 0.3 is 0 Å². The average Bonchev–Trinajstić information content (AvgIpc) is 3.14. The molecule has 1 aliphatic carbocycles. The summed E-state index contributed by atoms with van der Waals surface area (Å²) in [4.78, 5) is 15.6. The van der Waals surface area contributed by atoms with Gasteiger partial charge in [-0.1, -0.05) is 19.1 Å². The van der Waals surface area contributed by atoms with Gasteiger partial charge in [0.05, 0.1) is 7.11 Å². The van der Waals surface area contributed by atoms with Crippen LogP contribution in [0.3, 0.4) is 0 Å². The summed E-state index contributed by atoms with van der Waals surface area (Å²) in [6.07, 6.45) is 4.11. The van der Waals surface area contributed by atoms with Gasteiger partial charge in [0.2, 0.25) is 5.91 Å². The lowest BCUT2D eigenvalue weighted by atomic mass is 9.93. The van der Waals surface area contributed by atoms with Crippen molar-refractivity contribution in [3.8, 4) is 5.75 Å². The summed E-state index contributed by atoms with van der Waals surface area (Å²) >= 11 is 1.71. The number of methoxy groups -OCH3 is 1. The molecule has 158 valence electrons. The van der Waals surface area contributed by atoms with Crippen LogP contribution in [0.15, 0.2) is 41.1 Å². The van der Waals surface area contributed by atoms with Crippen LogP contribution >= 0.6 is 23.7 Å². The molecule has 29 heavy (non-hydrogen) atoms. The van der Waals surface area contributed by atoms with E-state index < -0.39 is 0 Å². The highest BCUT2D eigenvalue weighted by Gasteiger charge is 2.57. The first-order valence-corrected chi connectivity index (χ1v) is 11.2. The summed E-state index contributed by atoms with van der Waals surface area (Å²) in [5, 5.41) is 7.74. The van der Waals surface area contributed by atoms with Crippen molar-refractivity contribution in [1.82, 2.24) is 10.2 Å². The minimum Gasteiger partial charge on any atom is -0.497 e. The first-order chi connectivity index (χ1) is 13.6. The van der Waals surface area contributed by atoms with E-state index in [0.717, 1.165) is 25.4 Å². The molecule has 4 rings (SSSR count). The number of carbonyl (C=O) groups excluding carboxylic acids is 1. The Hall–Kier alpha value is -1.56. The van der Waals surface area contributed by atoms with Crippen molar-refractivity contribution in [3.63, 3.8) is 0 Å². The number of nitrogens with one attached hydrogen (secondary N) is 1. The minimum atomic E-state index is 0. The van der Waals surface area contributed by atoms with Gasteiger partial charge in [-0.2, -0.15) is 11.3 Å². The van der Waals surface area contributed by atoms with E-state index in [2.05, 4.69) is 46.1 Å². The zero-order chi connectivity index (χ0) is 19.6. The van der Waals surface area contributed by atoms with Crippen molar-refractivity contribution in [2.45, 2.75) is 51.1 Å². The topological polar surface area (TPSA) is 41.6 Å². The maximum atomic E-state index is 13.4. The summed E-state index contributed by atoms with van der Waals surface area (Å²) < 4.78 is 5.25. The number of nitrogens with zero attached hydrogens (tertiary/aromatic N) is 1. The molecule has 1 saturated heterocycles. The second-order valence-corrected chi connectivity index (χ2v) is 9.14. The molecule has 1 N–H and O–H groups in total. The molecule has 1 aromatic heterocycles. The predicted molar refractivity (Wildman–Crippen MR) is 121 cm³/mol. The first-order valence-electron chi connectivity index (χ1n) is 10.3. The predicted octanol–water partition coefficient (Wildman–Crippen LogP) is 4.84. The lowest BCUT2D eigenvalue weighted by Gasteiger charge is -2.30. The van der Waals surface area contributed by atoms with Gasteiger partial charge < -0.3 is 15.0 Å². The standard InChI is InChI=1S/C23H30N2O2S.ClH/c1-17(19-3-5-20(27-2)6-4-19)13-22(26)25(15-18-7-12-28-16-18)21-14-23(21)8-10-24-11-9-23;/h3-7,12,16-17,21,24H,8-11,13-15H2,1-2H3;1H. The number of thiophene rings is 1. The van der Waals surface area contributed by atoms with E-state index in [1.54, 1.807) is 18.4 Å². The molecule has 2 aliphatic rings. The van der Waals surface area contributed by atoms with Gasteiger partial charge in [0.25, 0.3) is 0 Å². The van der Waals surface area contributed by atoms with Gasteiger partial charge in [0.1, 0.15) is 5.75 Å². The summed E-state index contributed by atoms with van der Waals surface area (Å²) in [7, 11) is 1.68. The van der Waals surface area contributed by atoms with Crippen LogP contribution in [-0.2, 0) is 11.3 Å². The fourth-order valence-electron chi connectivity index (χ4n) is 4.61. The van der Waals surface area contributed by atoms with Crippen LogP contribution in [0.2, 0.25) is 0 Å². The van der Waals surface area contributed by atoms with Gasteiger partial charge in [0.15, 0.2) is 0 Å². The van der Waals surface area contributed by atoms with E-state index in [4.69, 9.17) is 4.74 Å². The lowest BCUT2D eigenvalue weighted by molar-refractivity contribution is -0.133. The number of hydrogen-bond acceptors (Lipinski definition) is 4. The van der Waals surface area contributed by atoms with E-state index in [9.17, 15) is 4.79 Å². The summed E-state index contributed by atoms with van der Waals surface area (Å²) in [6, 6.07) is 10.7. The third-order valence-electron chi connectivity index (χ3n) is 6.54. The molecule has 6 heteroatoms. The first kappa shape index (κ1) is 22.1. The zero-order valence-corrected chi connectivity index (χ0v) is 18.9. The molecule has 1 amide bonds.